The van der Waals surface area contributed by atoms with E-state index in [1.165, 1.54) is 5.56 Å². The fourth-order valence-corrected chi connectivity index (χ4v) is 2.70. The van der Waals surface area contributed by atoms with Crippen molar-refractivity contribution in [2.75, 3.05) is 13.2 Å². The molecule has 0 saturated carbocycles. The van der Waals surface area contributed by atoms with Crippen LogP contribution in [0.25, 0.3) is 10.9 Å². The van der Waals surface area contributed by atoms with Crippen molar-refractivity contribution in [1.82, 2.24) is 4.98 Å². The van der Waals surface area contributed by atoms with Gasteiger partial charge in [0.2, 0.25) is 0 Å². The van der Waals surface area contributed by atoms with E-state index in [2.05, 4.69) is 17.1 Å². The van der Waals surface area contributed by atoms with Crippen molar-refractivity contribution in [3.8, 4) is 0 Å². The van der Waals surface area contributed by atoms with E-state index in [0.29, 0.717) is 25.4 Å². The fourth-order valence-electron chi connectivity index (χ4n) is 2.70. The van der Waals surface area contributed by atoms with Gasteiger partial charge in [-0.1, -0.05) is 18.2 Å². The van der Waals surface area contributed by atoms with E-state index < -0.39 is 0 Å². The first-order valence-corrected chi connectivity index (χ1v) is 6.70. The Balaban J connectivity index is 1.97. The third-order valence-electron chi connectivity index (χ3n) is 3.66. The molecule has 1 aliphatic heterocycles. The largest absolute Gasteiger partial charge is 0.380 e. The van der Waals surface area contributed by atoms with E-state index >= 15 is 0 Å². The number of rotatable bonds is 2. The first-order chi connectivity index (χ1) is 9.24. The summed E-state index contributed by atoms with van der Waals surface area (Å²) in [6.07, 6.45) is 1.30. The fraction of sp³-hybridized carbons (Fsp3) is 0.375. The van der Waals surface area contributed by atoms with Gasteiger partial charge >= 0.3 is 0 Å². The number of benzene rings is 1. The minimum atomic E-state index is -0.000967. The van der Waals surface area contributed by atoms with Crippen LogP contribution in [-0.2, 0) is 16.0 Å². The van der Waals surface area contributed by atoms with Crippen molar-refractivity contribution in [1.29, 1.82) is 0 Å². The number of hydrogen-bond donors (Lipinski definition) is 0. The molecule has 3 nitrogen and oxygen atoms in total. The highest BCUT2D eigenvalue weighted by atomic mass is 16.5. The summed E-state index contributed by atoms with van der Waals surface area (Å²) in [6.45, 7) is 3.12. The molecule has 1 aromatic heterocycles. The van der Waals surface area contributed by atoms with E-state index in [1.807, 2.05) is 25.1 Å². The molecule has 1 atom stereocenters. The second kappa shape index (κ2) is 5.10. The van der Waals surface area contributed by atoms with Crippen molar-refractivity contribution < 1.29 is 9.53 Å². The standard InChI is InChI=1S/C16H17NO2/c1-11-8-12(9-13-10-19-7-6-16(13)18)14-4-2-3-5-15(14)17-11/h2-5,8,13H,6-7,9-10H2,1H3. The molecular formula is C16H17NO2. The Hall–Kier alpha value is -1.74. The van der Waals surface area contributed by atoms with Gasteiger partial charge in [-0.25, -0.2) is 0 Å². The zero-order valence-electron chi connectivity index (χ0n) is 11.1. The third kappa shape index (κ3) is 2.51. The van der Waals surface area contributed by atoms with Crippen LogP contribution in [0.3, 0.4) is 0 Å². The Labute approximate surface area is 112 Å². The quantitative estimate of drug-likeness (QED) is 0.828. The second-order valence-corrected chi connectivity index (χ2v) is 5.13. The lowest BCUT2D eigenvalue weighted by Gasteiger charge is -2.21. The number of hydrogen-bond acceptors (Lipinski definition) is 3. The molecule has 0 amide bonds. The molecule has 3 heteroatoms. The third-order valence-corrected chi connectivity index (χ3v) is 3.66. The van der Waals surface area contributed by atoms with Crippen LogP contribution in [-0.4, -0.2) is 24.0 Å². The van der Waals surface area contributed by atoms with Gasteiger partial charge in [0, 0.05) is 23.4 Å². The predicted octanol–water partition coefficient (Wildman–Crippen LogP) is 2.69. The normalized spacial score (nSPS) is 19.8. The van der Waals surface area contributed by atoms with Gasteiger partial charge in [0.15, 0.2) is 0 Å². The maximum Gasteiger partial charge on any atom is 0.140 e. The number of para-hydroxylation sites is 1. The molecule has 2 aromatic rings. The summed E-state index contributed by atoms with van der Waals surface area (Å²) in [6, 6.07) is 10.2. The van der Waals surface area contributed by atoms with Gasteiger partial charge in [-0.3, -0.25) is 9.78 Å². The SMILES string of the molecule is Cc1cc(CC2COCCC2=O)c2ccccc2n1. The van der Waals surface area contributed by atoms with Gasteiger partial charge < -0.3 is 4.74 Å². The van der Waals surface area contributed by atoms with Gasteiger partial charge in [0.25, 0.3) is 0 Å². The summed E-state index contributed by atoms with van der Waals surface area (Å²) in [5.74, 6) is 0.323. The maximum absolute atomic E-state index is 11.9. The summed E-state index contributed by atoms with van der Waals surface area (Å²) in [5, 5.41) is 1.14. The van der Waals surface area contributed by atoms with Crippen molar-refractivity contribution in [2.24, 2.45) is 5.92 Å². The molecule has 1 unspecified atom stereocenters. The monoisotopic (exact) mass is 255 g/mol. The number of Topliss-reactive ketones (excluding diaryl/α,β-unsaturated/α-hetero) is 1. The average molecular weight is 255 g/mol. The van der Waals surface area contributed by atoms with E-state index in [0.717, 1.165) is 23.0 Å². The predicted molar refractivity (Wildman–Crippen MR) is 74.1 cm³/mol. The highest BCUT2D eigenvalue weighted by molar-refractivity contribution is 5.85. The topological polar surface area (TPSA) is 39.2 Å². The smallest absolute Gasteiger partial charge is 0.140 e. The van der Waals surface area contributed by atoms with Crippen molar-refractivity contribution in [3.05, 3.63) is 41.6 Å². The molecule has 1 aromatic carbocycles. The van der Waals surface area contributed by atoms with Crippen LogP contribution < -0.4 is 0 Å². The number of ketones is 1. The number of aromatic nitrogens is 1. The summed E-state index contributed by atoms with van der Waals surface area (Å²) >= 11 is 0. The molecule has 1 aliphatic rings. The van der Waals surface area contributed by atoms with Crippen molar-refractivity contribution in [3.63, 3.8) is 0 Å². The lowest BCUT2D eigenvalue weighted by molar-refractivity contribution is -0.130. The van der Waals surface area contributed by atoms with Gasteiger partial charge in [-0.2, -0.15) is 0 Å². The van der Waals surface area contributed by atoms with E-state index in [-0.39, 0.29) is 5.92 Å². The Kier molecular flexibility index (Phi) is 3.30. The number of ether oxygens (including phenoxy) is 1. The average Bonchev–Trinajstić information content (AvgIpc) is 2.41. The summed E-state index contributed by atoms with van der Waals surface area (Å²) in [5.41, 5.74) is 3.20. The molecule has 0 spiro atoms. The highest BCUT2D eigenvalue weighted by Gasteiger charge is 2.23. The minimum Gasteiger partial charge on any atom is -0.380 e. The molecule has 1 saturated heterocycles. The molecule has 1 fully saturated rings. The van der Waals surface area contributed by atoms with Crippen LogP contribution in [0.15, 0.2) is 30.3 Å². The zero-order chi connectivity index (χ0) is 13.2. The van der Waals surface area contributed by atoms with Crippen LogP contribution in [0.5, 0.6) is 0 Å². The molecule has 98 valence electrons. The number of carbonyl (C=O) groups excluding carboxylic acids is 1. The number of nitrogens with zero attached hydrogens (tertiary/aromatic N) is 1. The molecule has 0 aliphatic carbocycles. The van der Waals surface area contributed by atoms with Crippen molar-refractivity contribution >= 4 is 16.7 Å². The minimum absolute atomic E-state index is 0.000967. The molecule has 0 bridgehead atoms. The second-order valence-electron chi connectivity index (χ2n) is 5.13. The van der Waals surface area contributed by atoms with E-state index in [9.17, 15) is 4.79 Å². The van der Waals surface area contributed by atoms with Gasteiger partial charge in [-0.15, -0.1) is 0 Å². The van der Waals surface area contributed by atoms with Gasteiger partial charge in [-0.05, 0) is 31.0 Å². The van der Waals surface area contributed by atoms with Crippen LogP contribution in [0.4, 0.5) is 0 Å². The number of aryl methyl sites for hydroxylation is 1. The molecule has 19 heavy (non-hydrogen) atoms. The number of pyridine rings is 1. The maximum atomic E-state index is 11.9. The van der Waals surface area contributed by atoms with E-state index in [4.69, 9.17) is 4.74 Å². The Morgan fingerprint density at radius 2 is 2.21 bits per heavy atom. The van der Waals surface area contributed by atoms with E-state index in [1.54, 1.807) is 0 Å². The molecule has 2 heterocycles. The lowest BCUT2D eigenvalue weighted by Crippen LogP contribution is -2.29. The molecular weight excluding hydrogens is 238 g/mol. The van der Waals surface area contributed by atoms with Crippen molar-refractivity contribution in [2.45, 2.75) is 19.8 Å². The highest BCUT2D eigenvalue weighted by Crippen LogP contribution is 2.23. The lowest BCUT2D eigenvalue weighted by atomic mass is 9.91. The van der Waals surface area contributed by atoms with Crippen LogP contribution >= 0.6 is 0 Å². The number of carbonyl (C=O) groups is 1. The van der Waals surface area contributed by atoms with Crippen LogP contribution in [0, 0.1) is 12.8 Å². The summed E-state index contributed by atoms with van der Waals surface area (Å²) in [4.78, 5) is 16.5. The number of fused-ring (bicyclic) bond motifs is 1. The summed E-state index contributed by atoms with van der Waals surface area (Å²) in [7, 11) is 0. The molecule has 3 rings (SSSR count). The van der Waals surface area contributed by atoms with Crippen LogP contribution in [0.2, 0.25) is 0 Å². The van der Waals surface area contributed by atoms with Gasteiger partial charge in [0.05, 0.1) is 18.7 Å². The first kappa shape index (κ1) is 12.3. The Bertz CT molecular complexity index is 621. The van der Waals surface area contributed by atoms with Gasteiger partial charge in [0.1, 0.15) is 5.78 Å². The molecule has 0 radical (unpaired) electrons. The van der Waals surface area contributed by atoms with Crippen LogP contribution in [0.1, 0.15) is 17.7 Å². The molecule has 0 N–H and O–H groups in total. The Morgan fingerprint density at radius 3 is 3.05 bits per heavy atom. The zero-order valence-corrected chi connectivity index (χ0v) is 11.1. The summed E-state index contributed by atoms with van der Waals surface area (Å²) < 4.78 is 5.43. The Morgan fingerprint density at radius 1 is 1.37 bits per heavy atom. The first-order valence-electron chi connectivity index (χ1n) is 6.70.